The predicted octanol–water partition coefficient (Wildman–Crippen LogP) is 1.62. The van der Waals surface area contributed by atoms with Crippen LogP contribution in [0.4, 0.5) is 0 Å². The van der Waals surface area contributed by atoms with Crippen LogP contribution in [0.25, 0.3) is 0 Å². The quantitative estimate of drug-likeness (QED) is 0.695. The van der Waals surface area contributed by atoms with Crippen molar-refractivity contribution in [3.8, 4) is 5.75 Å². The molecule has 0 atom stereocenters. The van der Waals surface area contributed by atoms with Gasteiger partial charge in [-0.3, -0.25) is 4.79 Å². The zero-order valence-electron chi connectivity index (χ0n) is 8.45. The third-order valence-corrected chi connectivity index (χ3v) is 3.29. The smallest absolute Gasteiger partial charge is 0.264 e. The number of nitrogens with one attached hydrogen (secondary N) is 1. The number of hydrogen-bond donors (Lipinski definition) is 1. The molecule has 0 aromatic heterocycles. The highest BCUT2D eigenvalue weighted by molar-refractivity contribution is 5.87. The van der Waals surface area contributed by atoms with Crippen LogP contribution in [0.3, 0.4) is 0 Å². The Labute approximate surface area is 88.4 Å². The molecule has 3 heteroatoms. The SMILES string of the molecule is O=C1NCc2ccccc2OC12CCC2. The average Bonchev–Trinajstić information content (AvgIpc) is 2.35. The number of benzene rings is 1. The number of rotatable bonds is 0. The number of fused-ring (bicyclic) bond motifs is 1. The van der Waals surface area contributed by atoms with Crippen LogP contribution in [0.2, 0.25) is 0 Å². The number of carbonyl (C=O) groups excluding carboxylic acids is 1. The maximum Gasteiger partial charge on any atom is 0.264 e. The minimum absolute atomic E-state index is 0.0463. The fourth-order valence-corrected chi connectivity index (χ4v) is 2.17. The molecule has 15 heavy (non-hydrogen) atoms. The summed E-state index contributed by atoms with van der Waals surface area (Å²) in [7, 11) is 0. The highest BCUT2D eigenvalue weighted by Crippen LogP contribution is 2.39. The second-order valence-corrected chi connectivity index (χ2v) is 4.24. The first-order chi connectivity index (χ1) is 7.30. The molecule has 0 saturated heterocycles. The third-order valence-electron chi connectivity index (χ3n) is 3.29. The number of amides is 1. The summed E-state index contributed by atoms with van der Waals surface area (Å²) >= 11 is 0. The molecule has 3 rings (SSSR count). The van der Waals surface area contributed by atoms with Gasteiger partial charge in [0.25, 0.3) is 5.91 Å². The molecule has 0 radical (unpaired) electrons. The monoisotopic (exact) mass is 203 g/mol. The van der Waals surface area contributed by atoms with Crippen LogP contribution < -0.4 is 10.1 Å². The Morgan fingerprint density at radius 3 is 2.80 bits per heavy atom. The Kier molecular flexibility index (Phi) is 1.75. The summed E-state index contributed by atoms with van der Waals surface area (Å²) in [5.41, 5.74) is 0.502. The van der Waals surface area contributed by atoms with Gasteiger partial charge in [-0.25, -0.2) is 0 Å². The van der Waals surface area contributed by atoms with Gasteiger partial charge in [0.2, 0.25) is 0 Å². The lowest BCUT2D eigenvalue weighted by Crippen LogP contribution is -2.54. The van der Waals surface area contributed by atoms with Crippen molar-refractivity contribution in [3.63, 3.8) is 0 Å². The fraction of sp³-hybridized carbons (Fsp3) is 0.417. The van der Waals surface area contributed by atoms with E-state index >= 15 is 0 Å². The molecular weight excluding hydrogens is 190 g/mol. The van der Waals surface area contributed by atoms with E-state index in [1.165, 1.54) is 0 Å². The molecule has 1 N–H and O–H groups in total. The second-order valence-electron chi connectivity index (χ2n) is 4.24. The van der Waals surface area contributed by atoms with Gasteiger partial charge in [-0.15, -0.1) is 0 Å². The van der Waals surface area contributed by atoms with E-state index in [0.717, 1.165) is 30.6 Å². The molecule has 78 valence electrons. The molecule has 0 bridgehead atoms. The van der Waals surface area contributed by atoms with Gasteiger partial charge in [0.05, 0.1) is 0 Å². The largest absolute Gasteiger partial charge is 0.477 e. The molecule has 1 aliphatic carbocycles. The van der Waals surface area contributed by atoms with Crippen LogP contribution in [0.1, 0.15) is 24.8 Å². The van der Waals surface area contributed by atoms with Crippen LogP contribution in [0.5, 0.6) is 5.75 Å². The van der Waals surface area contributed by atoms with Gasteiger partial charge < -0.3 is 10.1 Å². The van der Waals surface area contributed by atoms with Crippen molar-refractivity contribution in [2.75, 3.05) is 0 Å². The number of para-hydroxylation sites is 1. The van der Waals surface area contributed by atoms with Crippen LogP contribution >= 0.6 is 0 Å². The minimum atomic E-state index is -0.563. The molecule has 1 aliphatic heterocycles. The first-order valence-electron chi connectivity index (χ1n) is 5.35. The molecule has 1 spiro atoms. The van der Waals surface area contributed by atoms with Gasteiger partial charge >= 0.3 is 0 Å². The molecule has 0 unspecified atom stereocenters. The Balaban J connectivity index is 2.01. The molecule has 1 fully saturated rings. The van der Waals surface area contributed by atoms with Crippen molar-refractivity contribution in [2.24, 2.45) is 0 Å². The normalized spacial score (nSPS) is 22.0. The summed E-state index contributed by atoms with van der Waals surface area (Å²) in [6, 6.07) is 7.84. The molecule has 3 nitrogen and oxygen atoms in total. The minimum Gasteiger partial charge on any atom is -0.477 e. The van der Waals surface area contributed by atoms with Gasteiger partial charge in [-0.05, 0) is 25.3 Å². The Hall–Kier alpha value is -1.51. The van der Waals surface area contributed by atoms with Gasteiger partial charge in [-0.1, -0.05) is 18.2 Å². The van der Waals surface area contributed by atoms with Crippen LogP contribution in [0.15, 0.2) is 24.3 Å². The molecular formula is C12H13NO2. The Morgan fingerprint density at radius 2 is 2.07 bits per heavy atom. The van der Waals surface area contributed by atoms with Gasteiger partial charge in [-0.2, -0.15) is 0 Å². The van der Waals surface area contributed by atoms with Crippen molar-refractivity contribution < 1.29 is 9.53 Å². The second kappa shape index (κ2) is 2.99. The lowest BCUT2D eigenvalue weighted by molar-refractivity contribution is -0.143. The zero-order chi connectivity index (χ0) is 10.3. The van der Waals surface area contributed by atoms with E-state index in [-0.39, 0.29) is 5.91 Å². The average molecular weight is 203 g/mol. The number of carbonyl (C=O) groups is 1. The van der Waals surface area contributed by atoms with Gasteiger partial charge in [0.15, 0.2) is 5.60 Å². The highest BCUT2D eigenvalue weighted by atomic mass is 16.5. The standard InChI is InChI=1S/C12H13NO2/c14-11-12(6-3-7-12)15-10-5-2-1-4-9(10)8-13-11/h1-2,4-5H,3,6-8H2,(H,13,14). The van der Waals surface area contributed by atoms with Crippen LogP contribution in [0, 0.1) is 0 Å². The van der Waals surface area contributed by atoms with Gasteiger partial charge in [0.1, 0.15) is 5.75 Å². The maximum atomic E-state index is 11.9. The number of ether oxygens (including phenoxy) is 1. The Morgan fingerprint density at radius 1 is 1.27 bits per heavy atom. The van der Waals surface area contributed by atoms with E-state index in [2.05, 4.69) is 5.32 Å². The first-order valence-corrected chi connectivity index (χ1v) is 5.35. The van der Waals surface area contributed by atoms with E-state index in [4.69, 9.17) is 4.74 Å². The lowest BCUT2D eigenvalue weighted by Gasteiger charge is -2.38. The van der Waals surface area contributed by atoms with Crippen molar-refractivity contribution >= 4 is 5.91 Å². The Bertz CT molecular complexity index is 410. The summed E-state index contributed by atoms with van der Waals surface area (Å²) in [4.78, 5) is 11.9. The van der Waals surface area contributed by atoms with E-state index in [1.54, 1.807) is 0 Å². The van der Waals surface area contributed by atoms with E-state index < -0.39 is 5.60 Å². The lowest BCUT2D eigenvalue weighted by atomic mass is 9.79. The summed E-state index contributed by atoms with van der Waals surface area (Å²) in [6.45, 7) is 0.580. The summed E-state index contributed by atoms with van der Waals surface area (Å²) < 4.78 is 5.88. The zero-order valence-corrected chi connectivity index (χ0v) is 8.45. The molecule has 1 aromatic carbocycles. The van der Waals surface area contributed by atoms with Crippen molar-refractivity contribution in [1.29, 1.82) is 0 Å². The molecule has 2 aliphatic rings. The van der Waals surface area contributed by atoms with Crippen molar-refractivity contribution in [3.05, 3.63) is 29.8 Å². The van der Waals surface area contributed by atoms with Crippen LogP contribution in [-0.4, -0.2) is 11.5 Å². The molecule has 1 saturated carbocycles. The summed E-state index contributed by atoms with van der Waals surface area (Å²) in [5, 5.41) is 2.93. The maximum absolute atomic E-state index is 11.9. The number of hydrogen-bond acceptors (Lipinski definition) is 2. The molecule has 1 amide bonds. The van der Waals surface area contributed by atoms with Crippen molar-refractivity contribution in [1.82, 2.24) is 5.32 Å². The predicted molar refractivity (Wildman–Crippen MR) is 55.5 cm³/mol. The van der Waals surface area contributed by atoms with Crippen molar-refractivity contribution in [2.45, 2.75) is 31.4 Å². The third kappa shape index (κ3) is 1.23. The molecule has 1 heterocycles. The summed E-state index contributed by atoms with van der Waals surface area (Å²) in [5.74, 6) is 0.903. The van der Waals surface area contributed by atoms with E-state index in [0.29, 0.717) is 6.54 Å². The summed E-state index contributed by atoms with van der Waals surface area (Å²) in [6.07, 6.45) is 2.76. The van der Waals surface area contributed by atoms with Crippen LogP contribution in [-0.2, 0) is 11.3 Å². The first kappa shape index (κ1) is 8.77. The fourth-order valence-electron chi connectivity index (χ4n) is 2.17. The van der Waals surface area contributed by atoms with E-state index in [9.17, 15) is 4.79 Å². The highest BCUT2D eigenvalue weighted by Gasteiger charge is 2.48. The topological polar surface area (TPSA) is 38.3 Å². The van der Waals surface area contributed by atoms with E-state index in [1.807, 2.05) is 24.3 Å². The molecule has 1 aromatic rings. The van der Waals surface area contributed by atoms with Gasteiger partial charge in [0, 0.05) is 12.1 Å².